The van der Waals surface area contributed by atoms with E-state index in [-0.39, 0.29) is 23.5 Å². The summed E-state index contributed by atoms with van der Waals surface area (Å²) in [6.07, 6.45) is 2.55. The molecule has 1 aliphatic heterocycles. The minimum absolute atomic E-state index is 0.0224. The van der Waals surface area contributed by atoms with Gasteiger partial charge in [0, 0.05) is 44.7 Å². The van der Waals surface area contributed by atoms with E-state index in [1.165, 1.54) is 12.1 Å². The predicted octanol–water partition coefficient (Wildman–Crippen LogP) is 5.69. The summed E-state index contributed by atoms with van der Waals surface area (Å²) in [5.74, 6) is -0.133. The van der Waals surface area contributed by atoms with Crippen LogP contribution >= 0.6 is 0 Å². The molecule has 0 radical (unpaired) electrons. The lowest BCUT2D eigenvalue weighted by Gasteiger charge is -2.33. The standard InChI is InChI=1S/C36H43FN6O4/c1-36(2,3)47-35(46)40-18-7-14-32(44)43-20-8-10-26(24-43)23-41-34(45)30-15-16-31(29-13-5-4-11-27(29)22-38)42-33(30)39-19-17-25-9-6-12-28(37)21-25/h4-6,9,11-13,15-16,21,26H,7-8,10,14,17-20,23-24H2,1-3H3,(H,39,42)(H,40,46)(H,41,45)/t26-/m1/s1. The molecule has 3 aromatic rings. The van der Waals surface area contributed by atoms with Crippen LogP contribution in [0.2, 0.25) is 0 Å². The van der Waals surface area contributed by atoms with Crippen LogP contribution in [0.3, 0.4) is 0 Å². The zero-order chi connectivity index (χ0) is 33.8. The van der Waals surface area contributed by atoms with E-state index in [2.05, 4.69) is 22.0 Å². The maximum Gasteiger partial charge on any atom is 0.407 e. The van der Waals surface area contributed by atoms with E-state index in [1.54, 1.807) is 51.1 Å². The summed E-state index contributed by atoms with van der Waals surface area (Å²) in [6, 6.07) is 19.1. The highest BCUT2D eigenvalue weighted by atomic mass is 19.1. The lowest BCUT2D eigenvalue weighted by molar-refractivity contribution is -0.133. The van der Waals surface area contributed by atoms with Gasteiger partial charge in [0.1, 0.15) is 17.2 Å². The molecule has 47 heavy (non-hydrogen) atoms. The summed E-state index contributed by atoms with van der Waals surface area (Å²) >= 11 is 0. The molecule has 1 atom stereocenters. The van der Waals surface area contributed by atoms with Crippen LogP contribution in [0.25, 0.3) is 11.3 Å². The van der Waals surface area contributed by atoms with Gasteiger partial charge in [0.25, 0.3) is 5.91 Å². The molecule has 1 fully saturated rings. The third kappa shape index (κ3) is 10.8. The number of ether oxygens (including phenoxy) is 1. The van der Waals surface area contributed by atoms with Gasteiger partial charge in [-0.15, -0.1) is 0 Å². The largest absolute Gasteiger partial charge is 0.444 e. The van der Waals surface area contributed by atoms with Crippen molar-refractivity contribution < 1.29 is 23.5 Å². The number of alkyl carbamates (subject to hydrolysis) is 1. The molecule has 10 nitrogen and oxygen atoms in total. The second-order valence-corrected chi connectivity index (χ2v) is 12.6. The first-order valence-corrected chi connectivity index (χ1v) is 16.0. The molecule has 1 aliphatic rings. The Bertz CT molecular complexity index is 1600. The van der Waals surface area contributed by atoms with Gasteiger partial charge >= 0.3 is 6.09 Å². The molecule has 0 bridgehead atoms. The summed E-state index contributed by atoms with van der Waals surface area (Å²) in [6.45, 7) is 7.74. The number of hydrogen-bond donors (Lipinski definition) is 3. The molecule has 248 valence electrons. The third-order valence-corrected chi connectivity index (χ3v) is 7.72. The highest BCUT2D eigenvalue weighted by molar-refractivity contribution is 5.99. The molecule has 2 heterocycles. The normalized spacial score (nSPS) is 14.5. The minimum Gasteiger partial charge on any atom is -0.444 e. The fourth-order valence-electron chi connectivity index (χ4n) is 5.44. The molecule has 11 heteroatoms. The summed E-state index contributed by atoms with van der Waals surface area (Å²) in [4.78, 5) is 44.7. The van der Waals surface area contributed by atoms with Crippen molar-refractivity contribution in [2.24, 2.45) is 5.92 Å². The van der Waals surface area contributed by atoms with Crippen LogP contribution < -0.4 is 16.0 Å². The summed E-state index contributed by atoms with van der Waals surface area (Å²) in [5, 5.41) is 18.6. The summed E-state index contributed by atoms with van der Waals surface area (Å²) < 4.78 is 18.9. The van der Waals surface area contributed by atoms with Crippen molar-refractivity contribution in [3.63, 3.8) is 0 Å². The molecule has 0 saturated carbocycles. The maximum absolute atomic E-state index is 13.7. The monoisotopic (exact) mass is 642 g/mol. The fourth-order valence-corrected chi connectivity index (χ4v) is 5.44. The Balaban J connectivity index is 1.35. The lowest BCUT2D eigenvalue weighted by Crippen LogP contribution is -2.44. The molecule has 0 unspecified atom stereocenters. The number of amides is 3. The van der Waals surface area contributed by atoms with Gasteiger partial charge in [-0.1, -0.05) is 30.3 Å². The van der Waals surface area contributed by atoms with Gasteiger partial charge < -0.3 is 25.6 Å². The number of carbonyl (C=O) groups is 3. The average molecular weight is 643 g/mol. The Morgan fingerprint density at radius 1 is 1.06 bits per heavy atom. The molecule has 0 aliphatic carbocycles. The molecule has 1 aromatic heterocycles. The Hall–Kier alpha value is -4.98. The number of benzene rings is 2. The number of carbonyl (C=O) groups excluding carboxylic acids is 3. The number of halogens is 1. The number of hydrogen-bond acceptors (Lipinski definition) is 7. The fraction of sp³-hybridized carbons (Fsp3) is 0.417. The van der Waals surface area contributed by atoms with Crippen LogP contribution in [0.1, 0.15) is 67.9 Å². The smallest absolute Gasteiger partial charge is 0.407 e. The van der Waals surface area contributed by atoms with Crippen LogP contribution in [0.15, 0.2) is 60.7 Å². The van der Waals surface area contributed by atoms with Gasteiger partial charge in [-0.2, -0.15) is 5.26 Å². The summed E-state index contributed by atoms with van der Waals surface area (Å²) in [5.41, 5.74) is 2.26. The first kappa shape index (κ1) is 34.9. The number of nitriles is 1. The van der Waals surface area contributed by atoms with E-state index >= 15 is 0 Å². The average Bonchev–Trinajstić information content (AvgIpc) is 3.05. The second kappa shape index (κ2) is 16.5. The molecular formula is C36H43FN6O4. The predicted molar refractivity (Wildman–Crippen MR) is 178 cm³/mol. The summed E-state index contributed by atoms with van der Waals surface area (Å²) in [7, 11) is 0. The van der Waals surface area contributed by atoms with E-state index in [0.717, 1.165) is 18.4 Å². The molecular weight excluding hydrogens is 599 g/mol. The number of pyridine rings is 1. The number of likely N-dealkylation sites (tertiary alicyclic amines) is 1. The van der Waals surface area contributed by atoms with Gasteiger partial charge in [0.2, 0.25) is 5.91 Å². The van der Waals surface area contributed by atoms with E-state index in [0.29, 0.717) is 80.2 Å². The number of anilines is 1. The van der Waals surface area contributed by atoms with E-state index in [4.69, 9.17) is 9.72 Å². The molecule has 4 rings (SSSR count). The van der Waals surface area contributed by atoms with Crippen molar-refractivity contribution in [3.8, 4) is 17.3 Å². The number of nitrogens with one attached hydrogen (secondary N) is 3. The van der Waals surface area contributed by atoms with E-state index in [9.17, 15) is 24.0 Å². The molecule has 1 saturated heterocycles. The molecule has 0 spiro atoms. The zero-order valence-electron chi connectivity index (χ0n) is 27.3. The number of piperidine rings is 1. The van der Waals surface area contributed by atoms with Gasteiger partial charge in [-0.3, -0.25) is 9.59 Å². The zero-order valence-corrected chi connectivity index (χ0v) is 27.3. The first-order valence-electron chi connectivity index (χ1n) is 16.0. The molecule has 3 amide bonds. The Morgan fingerprint density at radius 2 is 1.87 bits per heavy atom. The Labute approximate surface area is 275 Å². The van der Waals surface area contributed by atoms with Crippen LogP contribution in [0, 0.1) is 23.1 Å². The number of rotatable bonds is 12. The van der Waals surface area contributed by atoms with E-state index in [1.807, 2.05) is 23.1 Å². The van der Waals surface area contributed by atoms with Gasteiger partial charge in [-0.05, 0) is 88.3 Å². The van der Waals surface area contributed by atoms with Gasteiger partial charge in [-0.25, -0.2) is 14.2 Å². The minimum atomic E-state index is -0.579. The van der Waals surface area contributed by atoms with Crippen molar-refractivity contribution in [2.75, 3.05) is 38.0 Å². The van der Waals surface area contributed by atoms with Gasteiger partial charge in [0.15, 0.2) is 0 Å². The Morgan fingerprint density at radius 3 is 2.64 bits per heavy atom. The third-order valence-electron chi connectivity index (χ3n) is 7.72. The van der Waals surface area contributed by atoms with Crippen LogP contribution in [0.4, 0.5) is 15.0 Å². The van der Waals surface area contributed by atoms with E-state index < -0.39 is 11.7 Å². The van der Waals surface area contributed by atoms with Crippen molar-refractivity contribution in [2.45, 2.75) is 58.5 Å². The van der Waals surface area contributed by atoms with Crippen LogP contribution in [0.5, 0.6) is 0 Å². The van der Waals surface area contributed by atoms with Crippen molar-refractivity contribution in [1.29, 1.82) is 5.26 Å². The topological polar surface area (TPSA) is 136 Å². The molecule has 3 N–H and O–H groups in total. The maximum atomic E-state index is 13.7. The number of nitrogens with zero attached hydrogens (tertiary/aromatic N) is 3. The van der Waals surface area contributed by atoms with Crippen molar-refractivity contribution >= 4 is 23.7 Å². The SMILES string of the molecule is CC(C)(C)OC(=O)NCCCC(=O)N1CCC[C@H](CNC(=O)c2ccc(-c3ccccc3C#N)nc2NCCc2cccc(F)c2)C1. The van der Waals surface area contributed by atoms with Crippen molar-refractivity contribution in [1.82, 2.24) is 20.5 Å². The second-order valence-electron chi connectivity index (χ2n) is 12.6. The first-order chi connectivity index (χ1) is 22.5. The van der Waals surface area contributed by atoms with Gasteiger partial charge in [0.05, 0.1) is 22.9 Å². The van der Waals surface area contributed by atoms with Crippen LogP contribution in [-0.2, 0) is 16.0 Å². The lowest BCUT2D eigenvalue weighted by atomic mass is 9.97. The quantitative estimate of drug-likeness (QED) is 0.216. The number of aromatic nitrogens is 1. The van der Waals surface area contributed by atoms with Crippen molar-refractivity contribution in [3.05, 3.63) is 83.2 Å². The highest BCUT2D eigenvalue weighted by Crippen LogP contribution is 2.25. The highest BCUT2D eigenvalue weighted by Gasteiger charge is 2.25. The Kier molecular flexibility index (Phi) is 12.3. The molecule has 2 aromatic carbocycles. The van der Waals surface area contributed by atoms with Crippen LogP contribution in [-0.4, -0.2) is 66.1 Å².